The molecular weight excluding hydrogens is 408 g/mol. The molecule has 2 aromatic carbocycles. The quantitative estimate of drug-likeness (QED) is 0.408. The molecule has 7 nitrogen and oxygen atoms in total. The lowest BCUT2D eigenvalue weighted by Gasteiger charge is -2.23. The van der Waals surface area contributed by atoms with Crippen LogP contribution in [0.4, 0.5) is 5.69 Å². The van der Waals surface area contributed by atoms with Gasteiger partial charge in [0.1, 0.15) is 12.1 Å². The Morgan fingerprint density at radius 2 is 1.94 bits per heavy atom. The molecule has 0 bridgehead atoms. The van der Waals surface area contributed by atoms with Gasteiger partial charge in [0.2, 0.25) is 5.91 Å². The average molecular weight is 429 g/mol. The number of thiophene rings is 1. The number of anilines is 1. The fourth-order valence-electron chi connectivity index (χ4n) is 3.51. The van der Waals surface area contributed by atoms with Crippen LogP contribution in [-0.4, -0.2) is 30.5 Å². The Morgan fingerprint density at radius 3 is 2.68 bits per heavy atom. The van der Waals surface area contributed by atoms with Crippen molar-refractivity contribution in [2.24, 2.45) is 7.05 Å². The van der Waals surface area contributed by atoms with Crippen molar-refractivity contribution in [3.8, 4) is 11.3 Å². The Morgan fingerprint density at radius 1 is 1.10 bits per heavy atom. The molecule has 154 valence electrons. The van der Waals surface area contributed by atoms with E-state index in [-0.39, 0.29) is 12.5 Å². The van der Waals surface area contributed by atoms with E-state index < -0.39 is 0 Å². The lowest BCUT2D eigenvalue weighted by molar-refractivity contribution is -0.119. The van der Waals surface area contributed by atoms with Crippen LogP contribution in [0, 0.1) is 0 Å². The molecule has 5 rings (SSSR count). The maximum Gasteiger partial charge on any atom is 0.249 e. The zero-order valence-electron chi connectivity index (χ0n) is 16.9. The minimum Gasteiger partial charge on any atom is -0.340 e. The molecule has 0 radical (unpaired) electrons. The van der Waals surface area contributed by atoms with Crippen molar-refractivity contribution in [2.45, 2.75) is 13.1 Å². The highest BCUT2D eigenvalue weighted by molar-refractivity contribution is 7.07. The summed E-state index contributed by atoms with van der Waals surface area (Å²) in [4.78, 5) is 19.6. The highest BCUT2D eigenvalue weighted by atomic mass is 32.1. The SMILES string of the molecule is Cn1cnc(-c2ccc(N(Cc3ccsc3)C(=O)Cn3nnc4ccccc43)cc2)c1. The summed E-state index contributed by atoms with van der Waals surface area (Å²) in [5.74, 6) is -0.0487. The van der Waals surface area contributed by atoms with Crippen LogP contribution in [0.3, 0.4) is 0 Å². The number of aryl methyl sites for hydroxylation is 1. The normalized spacial score (nSPS) is 11.1. The van der Waals surface area contributed by atoms with E-state index in [0.29, 0.717) is 6.54 Å². The first-order valence-electron chi connectivity index (χ1n) is 9.85. The Labute approximate surface area is 183 Å². The van der Waals surface area contributed by atoms with Crippen molar-refractivity contribution in [3.05, 3.63) is 83.4 Å². The van der Waals surface area contributed by atoms with Crippen molar-refractivity contribution in [3.63, 3.8) is 0 Å². The van der Waals surface area contributed by atoms with E-state index in [0.717, 1.165) is 33.5 Å². The van der Waals surface area contributed by atoms with Crippen LogP contribution in [0.2, 0.25) is 0 Å². The number of imidazole rings is 1. The molecule has 0 saturated carbocycles. The molecule has 0 fully saturated rings. The minimum absolute atomic E-state index is 0.0487. The summed E-state index contributed by atoms with van der Waals surface area (Å²) in [6.45, 7) is 0.616. The number of nitrogens with zero attached hydrogens (tertiary/aromatic N) is 6. The van der Waals surface area contributed by atoms with Gasteiger partial charge in [-0.3, -0.25) is 4.79 Å². The second-order valence-electron chi connectivity index (χ2n) is 7.32. The van der Waals surface area contributed by atoms with Crippen molar-refractivity contribution in [1.29, 1.82) is 0 Å². The topological polar surface area (TPSA) is 68.8 Å². The monoisotopic (exact) mass is 428 g/mol. The zero-order chi connectivity index (χ0) is 21.2. The number of benzene rings is 2. The maximum absolute atomic E-state index is 13.4. The van der Waals surface area contributed by atoms with Crippen LogP contribution in [-0.2, 0) is 24.9 Å². The number of hydrogen-bond acceptors (Lipinski definition) is 5. The lowest BCUT2D eigenvalue weighted by atomic mass is 10.1. The molecule has 0 spiro atoms. The van der Waals surface area contributed by atoms with Crippen LogP contribution in [0.25, 0.3) is 22.3 Å². The summed E-state index contributed by atoms with van der Waals surface area (Å²) in [6.07, 6.45) is 3.75. The molecule has 31 heavy (non-hydrogen) atoms. The molecule has 1 amide bonds. The van der Waals surface area contributed by atoms with E-state index in [9.17, 15) is 4.79 Å². The lowest BCUT2D eigenvalue weighted by Crippen LogP contribution is -2.33. The first-order valence-corrected chi connectivity index (χ1v) is 10.8. The van der Waals surface area contributed by atoms with Gasteiger partial charge < -0.3 is 9.47 Å². The van der Waals surface area contributed by atoms with Gasteiger partial charge in [0.25, 0.3) is 0 Å². The Balaban J connectivity index is 1.44. The summed E-state index contributed by atoms with van der Waals surface area (Å²) in [5, 5.41) is 12.4. The van der Waals surface area contributed by atoms with Gasteiger partial charge in [-0.1, -0.05) is 29.5 Å². The highest BCUT2D eigenvalue weighted by Crippen LogP contribution is 2.24. The van der Waals surface area contributed by atoms with Crippen molar-refractivity contribution < 1.29 is 4.79 Å². The summed E-state index contributed by atoms with van der Waals surface area (Å²) in [7, 11) is 1.94. The molecule has 0 aliphatic carbocycles. The van der Waals surface area contributed by atoms with Crippen LogP contribution in [0.5, 0.6) is 0 Å². The largest absolute Gasteiger partial charge is 0.340 e. The number of aromatic nitrogens is 5. The molecule has 0 atom stereocenters. The van der Waals surface area contributed by atoms with Crippen molar-refractivity contribution in [1.82, 2.24) is 24.5 Å². The number of rotatable bonds is 6. The Hall–Kier alpha value is -3.78. The summed E-state index contributed by atoms with van der Waals surface area (Å²) >= 11 is 1.62. The van der Waals surface area contributed by atoms with Crippen LogP contribution >= 0.6 is 11.3 Å². The smallest absolute Gasteiger partial charge is 0.249 e. The van der Waals surface area contributed by atoms with Gasteiger partial charge in [-0.25, -0.2) is 9.67 Å². The Bertz CT molecular complexity index is 1320. The molecule has 0 N–H and O–H groups in total. The van der Waals surface area contributed by atoms with Gasteiger partial charge in [0.05, 0.1) is 24.1 Å². The highest BCUT2D eigenvalue weighted by Gasteiger charge is 2.19. The van der Waals surface area contributed by atoms with Gasteiger partial charge in [-0.2, -0.15) is 11.3 Å². The molecule has 8 heteroatoms. The zero-order valence-corrected chi connectivity index (χ0v) is 17.7. The second kappa shape index (κ2) is 8.16. The molecule has 0 aliphatic rings. The fourth-order valence-corrected chi connectivity index (χ4v) is 4.17. The van der Waals surface area contributed by atoms with Gasteiger partial charge in [0.15, 0.2) is 0 Å². The number of amides is 1. The predicted octanol–water partition coefficient (Wildman–Crippen LogP) is 4.13. The van der Waals surface area contributed by atoms with E-state index >= 15 is 0 Å². The van der Waals surface area contributed by atoms with Crippen molar-refractivity contribution >= 4 is 34.0 Å². The van der Waals surface area contributed by atoms with E-state index in [4.69, 9.17) is 0 Å². The molecule has 3 heterocycles. The third kappa shape index (κ3) is 3.97. The third-order valence-corrected chi connectivity index (χ3v) is 5.84. The van der Waals surface area contributed by atoms with Crippen LogP contribution in [0.1, 0.15) is 5.56 Å². The standard InChI is InChI=1S/C23H20N6OS/c1-27-13-21(24-16-27)18-6-8-19(9-7-18)28(12-17-10-11-31-15-17)23(30)14-29-22-5-3-2-4-20(22)25-26-29/h2-11,13,15-16H,12,14H2,1H3. The summed E-state index contributed by atoms with van der Waals surface area (Å²) in [5.41, 5.74) is 5.46. The second-order valence-corrected chi connectivity index (χ2v) is 8.10. The van der Waals surface area contributed by atoms with Gasteiger partial charge in [-0.05, 0) is 46.7 Å². The number of para-hydroxylation sites is 1. The number of carbonyl (C=O) groups excluding carboxylic acids is 1. The average Bonchev–Trinajstić information content (AvgIpc) is 3.54. The van der Waals surface area contributed by atoms with Gasteiger partial charge in [0, 0.05) is 24.5 Å². The molecule has 3 aromatic heterocycles. The molecule has 5 aromatic rings. The van der Waals surface area contributed by atoms with Gasteiger partial charge >= 0.3 is 0 Å². The van der Waals surface area contributed by atoms with Crippen molar-refractivity contribution in [2.75, 3.05) is 4.90 Å². The third-order valence-electron chi connectivity index (χ3n) is 5.11. The fraction of sp³-hybridized carbons (Fsp3) is 0.130. The van der Waals surface area contributed by atoms with E-state index in [1.54, 1.807) is 27.2 Å². The molecular formula is C23H20N6OS. The van der Waals surface area contributed by atoms with E-state index in [1.807, 2.05) is 77.8 Å². The predicted molar refractivity (Wildman–Crippen MR) is 122 cm³/mol. The first kappa shape index (κ1) is 19.2. The molecule has 0 unspecified atom stereocenters. The molecule has 0 aliphatic heterocycles. The van der Waals surface area contributed by atoms with Crippen LogP contribution < -0.4 is 4.90 Å². The Kier molecular flexibility index (Phi) is 5.05. The van der Waals surface area contributed by atoms with E-state index in [2.05, 4.69) is 20.7 Å². The van der Waals surface area contributed by atoms with Crippen LogP contribution in [0.15, 0.2) is 77.9 Å². The number of carbonyl (C=O) groups is 1. The summed E-state index contributed by atoms with van der Waals surface area (Å²) in [6, 6.07) is 17.6. The number of hydrogen-bond donors (Lipinski definition) is 0. The minimum atomic E-state index is -0.0487. The molecule has 0 saturated heterocycles. The summed E-state index contributed by atoms with van der Waals surface area (Å²) < 4.78 is 3.57. The maximum atomic E-state index is 13.4. The number of fused-ring (bicyclic) bond motifs is 1. The van der Waals surface area contributed by atoms with E-state index in [1.165, 1.54) is 0 Å². The van der Waals surface area contributed by atoms with Gasteiger partial charge in [-0.15, -0.1) is 5.10 Å². The first-order chi connectivity index (χ1) is 15.2.